The van der Waals surface area contributed by atoms with Crippen LogP contribution in [-0.4, -0.2) is 41.1 Å². The van der Waals surface area contributed by atoms with Crippen molar-refractivity contribution in [3.05, 3.63) is 65.7 Å². The number of benzene rings is 2. The quantitative estimate of drug-likeness (QED) is 0.686. The number of hydrogen-bond donors (Lipinski definition) is 0. The van der Waals surface area contributed by atoms with Crippen molar-refractivity contribution in [2.45, 2.75) is 18.8 Å². The summed E-state index contributed by atoms with van der Waals surface area (Å²) in [4.78, 5) is 18.9. The number of nitrogens with zero attached hydrogens (tertiary/aromatic N) is 3. The van der Waals surface area contributed by atoms with Crippen LogP contribution in [-0.2, 0) is 0 Å². The fraction of sp³-hybridized carbons (Fsp3) is 0.286. The zero-order valence-corrected chi connectivity index (χ0v) is 15.5. The molecule has 1 fully saturated rings. The van der Waals surface area contributed by atoms with E-state index in [-0.39, 0.29) is 17.4 Å². The molecule has 0 radical (unpaired) electrons. The van der Waals surface area contributed by atoms with Crippen LogP contribution in [0.15, 0.2) is 53.1 Å². The van der Waals surface area contributed by atoms with Crippen LogP contribution in [0.1, 0.15) is 34.9 Å². The highest BCUT2D eigenvalue weighted by molar-refractivity contribution is 5.94. The van der Waals surface area contributed by atoms with Gasteiger partial charge in [0, 0.05) is 19.0 Å². The summed E-state index contributed by atoms with van der Waals surface area (Å²) in [5.41, 5.74) is 0.810. The molecule has 0 unspecified atom stereocenters. The van der Waals surface area contributed by atoms with Gasteiger partial charge in [-0.3, -0.25) is 4.79 Å². The summed E-state index contributed by atoms with van der Waals surface area (Å²) in [5.74, 6) is 0.704. The number of piperidine rings is 1. The fourth-order valence-corrected chi connectivity index (χ4v) is 3.51. The molecule has 0 aliphatic carbocycles. The molecule has 2 heterocycles. The summed E-state index contributed by atoms with van der Waals surface area (Å²) in [5, 5.41) is 4.12. The van der Waals surface area contributed by atoms with Crippen molar-refractivity contribution in [3.63, 3.8) is 0 Å². The Balaban J connectivity index is 1.54. The van der Waals surface area contributed by atoms with E-state index in [0.29, 0.717) is 30.6 Å². The third-order valence-corrected chi connectivity index (χ3v) is 4.96. The lowest BCUT2D eigenvalue weighted by Gasteiger charge is -2.31. The first-order valence-electron chi connectivity index (χ1n) is 9.18. The van der Waals surface area contributed by atoms with E-state index in [0.717, 1.165) is 18.4 Å². The minimum absolute atomic E-state index is 0.0586. The number of halogens is 1. The van der Waals surface area contributed by atoms with Gasteiger partial charge in [-0.15, -0.1) is 0 Å². The van der Waals surface area contributed by atoms with Gasteiger partial charge in [-0.25, -0.2) is 4.39 Å². The monoisotopic (exact) mass is 381 g/mol. The van der Waals surface area contributed by atoms with E-state index in [1.165, 1.54) is 12.1 Å². The number of likely N-dealkylation sites (tertiary alicyclic amines) is 1. The van der Waals surface area contributed by atoms with Crippen LogP contribution in [0, 0.1) is 5.82 Å². The van der Waals surface area contributed by atoms with Crippen molar-refractivity contribution in [2.24, 2.45) is 0 Å². The van der Waals surface area contributed by atoms with E-state index >= 15 is 0 Å². The maximum absolute atomic E-state index is 14.0. The number of para-hydroxylation sites is 1. The summed E-state index contributed by atoms with van der Waals surface area (Å²) in [6.07, 6.45) is 1.63. The maximum Gasteiger partial charge on any atom is 0.261 e. The van der Waals surface area contributed by atoms with Crippen molar-refractivity contribution in [3.8, 4) is 17.2 Å². The second kappa shape index (κ2) is 7.80. The molecule has 6 nitrogen and oxygen atoms in total. The van der Waals surface area contributed by atoms with Crippen LogP contribution >= 0.6 is 0 Å². The molecule has 1 aliphatic rings. The maximum atomic E-state index is 14.0. The summed E-state index contributed by atoms with van der Waals surface area (Å²) >= 11 is 0. The van der Waals surface area contributed by atoms with E-state index in [2.05, 4.69) is 10.1 Å². The number of hydrogen-bond acceptors (Lipinski definition) is 5. The standard InChI is InChI=1S/C21H20FN3O3/c1-27-18-11-5-3-9-16(18)20-23-19(24-28-20)14-7-6-12-25(13-14)21(26)15-8-2-4-10-17(15)22/h2-5,8-11,14H,6-7,12-13H2,1H3/t14-/m0/s1. The molecular formula is C21H20FN3O3. The molecule has 1 atom stereocenters. The van der Waals surface area contributed by atoms with Crippen molar-refractivity contribution in [1.29, 1.82) is 0 Å². The largest absolute Gasteiger partial charge is 0.496 e. The van der Waals surface area contributed by atoms with Gasteiger partial charge in [0.05, 0.1) is 18.2 Å². The number of aromatic nitrogens is 2. The molecule has 144 valence electrons. The van der Waals surface area contributed by atoms with Crippen LogP contribution in [0.5, 0.6) is 5.75 Å². The van der Waals surface area contributed by atoms with Crippen molar-refractivity contribution in [1.82, 2.24) is 15.0 Å². The Morgan fingerprint density at radius 1 is 1.21 bits per heavy atom. The normalized spacial score (nSPS) is 16.8. The molecule has 1 amide bonds. The van der Waals surface area contributed by atoms with Crippen molar-refractivity contribution >= 4 is 5.91 Å². The van der Waals surface area contributed by atoms with Crippen molar-refractivity contribution in [2.75, 3.05) is 20.2 Å². The van der Waals surface area contributed by atoms with Gasteiger partial charge in [0.2, 0.25) is 0 Å². The first-order chi connectivity index (χ1) is 13.7. The Bertz CT molecular complexity index is 988. The lowest BCUT2D eigenvalue weighted by molar-refractivity contribution is 0.0699. The third-order valence-electron chi connectivity index (χ3n) is 4.96. The molecule has 28 heavy (non-hydrogen) atoms. The highest BCUT2D eigenvalue weighted by Crippen LogP contribution is 2.31. The van der Waals surface area contributed by atoms with Crippen LogP contribution < -0.4 is 4.74 Å². The first-order valence-corrected chi connectivity index (χ1v) is 9.18. The van der Waals surface area contributed by atoms with Crippen LogP contribution in [0.2, 0.25) is 0 Å². The smallest absolute Gasteiger partial charge is 0.261 e. The van der Waals surface area contributed by atoms with Gasteiger partial charge < -0.3 is 14.2 Å². The predicted octanol–water partition coefficient (Wildman–Crippen LogP) is 3.90. The highest BCUT2D eigenvalue weighted by Gasteiger charge is 2.30. The van der Waals surface area contributed by atoms with Crippen molar-refractivity contribution < 1.29 is 18.4 Å². The zero-order valence-electron chi connectivity index (χ0n) is 15.5. The Kier molecular flexibility index (Phi) is 5.06. The van der Waals surface area contributed by atoms with E-state index in [9.17, 15) is 9.18 Å². The van der Waals surface area contributed by atoms with Gasteiger partial charge in [0.1, 0.15) is 11.6 Å². The van der Waals surface area contributed by atoms with E-state index < -0.39 is 5.82 Å². The molecule has 1 aromatic heterocycles. The average molecular weight is 381 g/mol. The van der Waals surface area contributed by atoms with Gasteiger partial charge in [0.25, 0.3) is 11.8 Å². The molecule has 0 saturated carbocycles. The summed E-state index contributed by atoms with van der Waals surface area (Å²) in [6, 6.07) is 13.5. The minimum atomic E-state index is -0.507. The molecule has 2 aromatic carbocycles. The van der Waals surface area contributed by atoms with Crippen LogP contribution in [0.25, 0.3) is 11.5 Å². The number of amides is 1. The summed E-state index contributed by atoms with van der Waals surface area (Å²) in [7, 11) is 1.59. The van der Waals surface area contributed by atoms with E-state index in [1.54, 1.807) is 24.1 Å². The Morgan fingerprint density at radius 2 is 2.00 bits per heavy atom. The average Bonchev–Trinajstić information content (AvgIpc) is 3.24. The minimum Gasteiger partial charge on any atom is -0.496 e. The topological polar surface area (TPSA) is 68.5 Å². The van der Waals surface area contributed by atoms with E-state index in [1.807, 2.05) is 24.3 Å². The van der Waals surface area contributed by atoms with Gasteiger partial charge in [-0.2, -0.15) is 4.98 Å². The second-order valence-corrected chi connectivity index (χ2v) is 6.73. The SMILES string of the molecule is COc1ccccc1-c1nc([C@H]2CCCN(C(=O)c3ccccc3F)C2)no1. The Labute approximate surface area is 161 Å². The number of carbonyl (C=O) groups excluding carboxylic acids is 1. The molecule has 0 bridgehead atoms. The second-order valence-electron chi connectivity index (χ2n) is 6.73. The molecule has 0 spiro atoms. The molecular weight excluding hydrogens is 361 g/mol. The molecule has 7 heteroatoms. The van der Waals surface area contributed by atoms with Crippen LogP contribution in [0.3, 0.4) is 0 Å². The molecule has 1 saturated heterocycles. The fourth-order valence-electron chi connectivity index (χ4n) is 3.51. The zero-order chi connectivity index (χ0) is 19.5. The first kappa shape index (κ1) is 18.2. The predicted molar refractivity (Wildman–Crippen MR) is 101 cm³/mol. The highest BCUT2D eigenvalue weighted by atomic mass is 19.1. The number of methoxy groups -OCH3 is 1. The third kappa shape index (κ3) is 3.47. The van der Waals surface area contributed by atoms with Gasteiger partial charge in [0.15, 0.2) is 5.82 Å². The number of carbonyl (C=O) groups is 1. The Morgan fingerprint density at radius 3 is 2.82 bits per heavy atom. The van der Waals surface area contributed by atoms with Gasteiger partial charge in [-0.1, -0.05) is 29.4 Å². The lowest BCUT2D eigenvalue weighted by Crippen LogP contribution is -2.39. The van der Waals surface area contributed by atoms with Crippen LogP contribution in [0.4, 0.5) is 4.39 Å². The Hall–Kier alpha value is -3.22. The van der Waals surface area contributed by atoms with Gasteiger partial charge >= 0.3 is 0 Å². The molecule has 1 aliphatic heterocycles. The summed E-state index contributed by atoms with van der Waals surface area (Å²) < 4.78 is 24.8. The van der Waals surface area contributed by atoms with E-state index in [4.69, 9.17) is 9.26 Å². The number of ether oxygens (including phenoxy) is 1. The lowest BCUT2D eigenvalue weighted by atomic mass is 9.96. The van der Waals surface area contributed by atoms with Gasteiger partial charge in [-0.05, 0) is 37.1 Å². The molecule has 3 aromatic rings. The molecule has 0 N–H and O–H groups in total. The molecule has 4 rings (SSSR count). The number of rotatable bonds is 4. The summed E-state index contributed by atoms with van der Waals surface area (Å²) in [6.45, 7) is 1.01.